The molecule has 1 aromatic heterocycles. The molecule has 1 aromatic rings. The number of nitrogens with one attached hydrogen (secondary N) is 1. The molecule has 18 heavy (non-hydrogen) atoms. The lowest BCUT2D eigenvalue weighted by Gasteiger charge is -2.10. The maximum Gasteiger partial charge on any atom is 0.224 e. The summed E-state index contributed by atoms with van der Waals surface area (Å²) in [5, 5.41) is 11.8. The first-order valence-electron chi connectivity index (χ1n) is 5.84. The molecule has 0 aliphatic carbocycles. The molecular weight excluding hydrogens is 230 g/mol. The monoisotopic (exact) mass is 249 g/mol. The van der Waals surface area contributed by atoms with Gasteiger partial charge < -0.3 is 15.0 Å². The van der Waals surface area contributed by atoms with Crippen molar-refractivity contribution in [2.75, 3.05) is 45.7 Å². The van der Waals surface area contributed by atoms with Crippen LogP contribution in [0.5, 0.6) is 0 Å². The second-order valence-electron chi connectivity index (χ2n) is 4.17. The molecule has 0 unspecified atom stereocenters. The van der Waals surface area contributed by atoms with Crippen LogP contribution in [0.2, 0.25) is 0 Å². The molecule has 1 heterocycles. The Balaban J connectivity index is 2.27. The fourth-order valence-electron chi connectivity index (χ4n) is 1.29. The van der Waals surface area contributed by atoms with Crippen LogP contribution >= 0.6 is 0 Å². The summed E-state index contributed by atoms with van der Waals surface area (Å²) in [6.45, 7) is 4.66. The van der Waals surface area contributed by atoms with Gasteiger partial charge in [-0.05, 0) is 27.1 Å². The zero-order chi connectivity index (χ0) is 13.4. The van der Waals surface area contributed by atoms with Gasteiger partial charge in [-0.25, -0.2) is 9.97 Å². The van der Waals surface area contributed by atoms with Crippen LogP contribution in [0.3, 0.4) is 0 Å². The van der Waals surface area contributed by atoms with Crippen LogP contribution in [0.1, 0.15) is 11.4 Å². The van der Waals surface area contributed by atoms with Crippen LogP contribution < -0.4 is 5.32 Å². The van der Waals surface area contributed by atoms with E-state index in [1.54, 1.807) is 6.07 Å². The van der Waals surface area contributed by atoms with E-state index in [1.807, 2.05) is 27.1 Å². The van der Waals surface area contributed by atoms with E-state index in [2.05, 4.69) is 20.2 Å². The zero-order valence-corrected chi connectivity index (χ0v) is 11.1. The molecule has 0 saturated carbocycles. The van der Waals surface area contributed by atoms with E-state index in [1.165, 1.54) is 0 Å². The highest BCUT2D eigenvalue weighted by Crippen LogP contribution is 2.03. The Morgan fingerprint density at radius 2 is 2.17 bits per heavy atom. The molecule has 0 radical (unpaired) electrons. The second-order valence-corrected chi connectivity index (χ2v) is 4.17. The molecule has 1 N–H and O–H groups in total. The molecule has 0 aliphatic rings. The number of rotatable bonds is 7. The normalized spacial score (nSPS) is 10.4. The summed E-state index contributed by atoms with van der Waals surface area (Å²) >= 11 is 0. The minimum Gasteiger partial charge on any atom is -0.378 e. The van der Waals surface area contributed by atoms with Crippen molar-refractivity contribution in [1.29, 1.82) is 5.26 Å². The van der Waals surface area contributed by atoms with Crippen molar-refractivity contribution in [1.82, 2.24) is 14.9 Å². The lowest BCUT2D eigenvalue weighted by atomic mass is 10.3. The number of likely N-dealkylation sites (N-methyl/N-ethyl adjacent to an activating group) is 1. The first-order valence-corrected chi connectivity index (χ1v) is 5.84. The Morgan fingerprint density at radius 1 is 1.39 bits per heavy atom. The molecule has 6 heteroatoms. The lowest BCUT2D eigenvalue weighted by Crippen LogP contribution is -2.20. The summed E-state index contributed by atoms with van der Waals surface area (Å²) in [6.07, 6.45) is 0. The van der Waals surface area contributed by atoms with Crippen LogP contribution in [0.15, 0.2) is 6.07 Å². The van der Waals surface area contributed by atoms with Crippen molar-refractivity contribution in [3.8, 4) is 6.07 Å². The van der Waals surface area contributed by atoms with Crippen molar-refractivity contribution in [3.63, 3.8) is 0 Å². The number of aryl methyl sites for hydroxylation is 1. The van der Waals surface area contributed by atoms with Gasteiger partial charge in [-0.2, -0.15) is 5.26 Å². The zero-order valence-electron chi connectivity index (χ0n) is 11.1. The maximum atomic E-state index is 8.78. The summed E-state index contributed by atoms with van der Waals surface area (Å²) in [4.78, 5) is 10.3. The highest BCUT2D eigenvalue weighted by atomic mass is 16.5. The van der Waals surface area contributed by atoms with Crippen molar-refractivity contribution in [2.45, 2.75) is 6.92 Å². The second kappa shape index (κ2) is 7.58. The molecule has 0 fully saturated rings. The van der Waals surface area contributed by atoms with Crippen LogP contribution in [-0.2, 0) is 4.74 Å². The first kappa shape index (κ1) is 14.4. The Kier molecular flexibility index (Phi) is 6.05. The third-order valence-electron chi connectivity index (χ3n) is 2.18. The molecule has 1 rings (SSSR count). The van der Waals surface area contributed by atoms with E-state index in [4.69, 9.17) is 10.00 Å². The van der Waals surface area contributed by atoms with Crippen LogP contribution in [0, 0.1) is 18.3 Å². The number of anilines is 1. The number of aromatic nitrogens is 2. The van der Waals surface area contributed by atoms with Gasteiger partial charge in [0.25, 0.3) is 0 Å². The van der Waals surface area contributed by atoms with Crippen molar-refractivity contribution in [3.05, 3.63) is 17.5 Å². The number of nitrogens with zero attached hydrogens (tertiary/aromatic N) is 4. The summed E-state index contributed by atoms with van der Waals surface area (Å²) in [7, 11) is 4.01. The van der Waals surface area contributed by atoms with Gasteiger partial charge in [-0.3, -0.25) is 0 Å². The summed E-state index contributed by atoms with van der Waals surface area (Å²) in [5.74, 6) is 0.475. The van der Waals surface area contributed by atoms with E-state index < -0.39 is 0 Å². The molecule has 98 valence electrons. The Hall–Kier alpha value is -1.71. The SMILES string of the molecule is Cc1cc(C#N)nc(NCCOCCN(C)C)n1. The molecule has 0 spiro atoms. The minimum absolute atomic E-state index is 0.374. The third kappa shape index (κ3) is 5.57. The van der Waals surface area contributed by atoms with Gasteiger partial charge in [0.1, 0.15) is 11.8 Å². The standard InChI is InChI=1S/C12H19N5O/c1-10-8-11(9-13)16-12(15-10)14-4-6-18-7-5-17(2)3/h8H,4-7H2,1-3H3,(H,14,15,16). The molecule has 0 atom stereocenters. The Morgan fingerprint density at radius 3 is 2.83 bits per heavy atom. The average molecular weight is 249 g/mol. The van der Waals surface area contributed by atoms with Gasteiger partial charge in [0.2, 0.25) is 5.95 Å². The molecule has 0 amide bonds. The largest absolute Gasteiger partial charge is 0.378 e. The van der Waals surface area contributed by atoms with Crippen molar-refractivity contribution >= 4 is 5.95 Å². The van der Waals surface area contributed by atoms with Crippen molar-refractivity contribution < 1.29 is 4.74 Å². The van der Waals surface area contributed by atoms with Gasteiger partial charge in [-0.1, -0.05) is 0 Å². The Labute approximate surface area is 108 Å². The first-order chi connectivity index (χ1) is 8.61. The Bertz CT molecular complexity index is 413. The van der Waals surface area contributed by atoms with E-state index in [9.17, 15) is 0 Å². The van der Waals surface area contributed by atoms with Crippen LogP contribution in [0.4, 0.5) is 5.95 Å². The summed E-state index contributed by atoms with van der Waals surface area (Å²) < 4.78 is 5.43. The molecule has 0 aromatic carbocycles. The summed E-state index contributed by atoms with van der Waals surface area (Å²) in [5.41, 5.74) is 1.15. The number of hydrogen-bond donors (Lipinski definition) is 1. The number of nitriles is 1. The van der Waals surface area contributed by atoms with Crippen molar-refractivity contribution in [2.24, 2.45) is 0 Å². The van der Waals surface area contributed by atoms with Crippen LogP contribution in [-0.4, -0.2) is 55.3 Å². The number of hydrogen-bond acceptors (Lipinski definition) is 6. The summed E-state index contributed by atoms with van der Waals surface area (Å²) in [6, 6.07) is 3.66. The number of ether oxygens (including phenoxy) is 1. The maximum absolute atomic E-state index is 8.78. The van der Waals surface area contributed by atoms with Gasteiger partial charge in [-0.15, -0.1) is 0 Å². The highest BCUT2D eigenvalue weighted by molar-refractivity contribution is 5.32. The van der Waals surface area contributed by atoms with E-state index in [0.717, 1.165) is 12.2 Å². The smallest absolute Gasteiger partial charge is 0.224 e. The molecule has 0 saturated heterocycles. The highest BCUT2D eigenvalue weighted by Gasteiger charge is 2.00. The minimum atomic E-state index is 0.374. The fourth-order valence-corrected chi connectivity index (χ4v) is 1.29. The average Bonchev–Trinajstić information content (AvgIpc) is 2.32. The molecule has 0 aliphatic heterocycles. The fraction of sp³-hybridized carbons (Fsp3) is 0.583. The van der Waals surface area contributed by atoms with Gasteiger partial charge in [0.15, 0.2) is 0 Å². The predicted octanol–water partition coefficient (Wildman–Crippen LogP) is 0.647. The lowest BCUT2D eigenvalue weighted by molar-refractivity contribution is 0.126. The van der Waals surface area contributed by atoms with Crippen LogP contribution in [0.25, 0.3) is 0 Å². The molecular formula is C12H19N5O. The van der Waals surface area contributed by atoms with Gasteiger partial charge in [0.05, 0.1) is 13.2 Å². The van der Waals surface area contributed by atoms with Gasteiger partial charge in [0, 0.05) is 18.8 Å². The van der Waals surface area contributed by atoms with E-state index >= 15 is 0 Å². The van der Waals surface area contributed by atoms with Gasteiger partial charge >= 0.3 is 0 Å². The molecule has 6 nitrogen and oxygen atoms in total. The molecule has 0 bridgehead atoms. The van der Waals surface area contributed by atoms with E-state index in [-0.39, 0.29) is 0 Å². The quantitative estimate of drug-likeness (QED) is 0.715. The van der Waals surface area contributed by atoms with E-state index in [0.29, 0.717) is 31.4 Å². The topological polar surface area (TPSA) is 74.1 Å². The predicted molar refractivity (Wildman–Crippen MR) is 69.3 cm³/mol. The third-order valence-corrected chi connectivity index (χ3v) is 2.18.